The molecule has 1 amide bonds. The van der Waals surface area contributed by atoms with Crippen LogP contribution in [-0.4, -0.2) is 24.9 Å². The van der Waals surface area contributed by atoms with Gasteiger partial charge in [-0.3, -0.25) is 10.1 Å². The Bertz CT molecular complexity index is 460. The van der Waals surface area contributed by atoms with E-state index in [1.807, 2.05) is 13.8 Å². The maximum Gasteiger partial charge on any atom is 0.573 e. The summed E-state index contributed by atoms with van der Waals surface area (Å²) in [5.41, 5.74) is 0.765. The van der Waals surface area contributed by atoms with Gasteiger partial charge in [0.15, 0.2) is 0 Å². The van der Waals surface area contributed by atoms with E-state index in [0.29, 0.717) is 6.54 Å². The molecule has 2 atom stereocenters. The number of alkyl halides is 3. The van der Waals surface area contributed by atoms with E-state index in [-0.39, 0.29) is 17.7 Å². The average molecular weight is 304 g/mol. The van der Waals surface area contributed by atoms with Crippen molar-refractivity contribution in [2.24, 2.45) is 0 Å². The first-order valence-electron chi connectivity index (χ1n) is 6.62. The molecule has 1 rings (SSSR count). The van der Waals surface area contributed by atoms with Crippen LogP contribution < -0.4 is 15.4 Å². The SMILES string of the molecule is CCNC(=O)C(C)NC(C)c1ccc(OC(F)(F)F)cc1. The van der Waals surface area contributed by atoms with E-state index in [1.165, 1.54) is 24.3 Å². The highest BCUT2D eigenvalue weighted by molar-refractivity contribution is 5.81. The molecule has 1 aromatic rings. The first-order chi connectivity index (χ1) is 9.73. The molecular formula is C14H19F3N2O2. The van der Waals surface area contributed by atoms with Crippen LogP contribution in [0, 0.1) is 0 Å². The van der Waals surface area contributed by atoms with Crippen LogP contribution in [-0.2, 0) is 4.79 Å². The first kappa shape index (κ1) is 17.3. The van der Waals surface area contributed by atoms with Crippen LogP contribution in [0.15, 0.2) is 24.3 Å². The number of carbonyl (C=O) groups excluding carboxylic acids is 1. The number of hydrogen-bond acceptors (Lipinski definition) is 3. The number of rotatable bonds is 6. The van der Waals surface area contributed by atoms with Gasteiger partial charge in [0.05, 0.1) is 6.04 Å². The number of ether oxygens (including phenoxy) is 1. The Morgan fingerprint density at radius 2 is 1.81 bits per heavy atom. The molecule has 1 aromatic carbocycles. The molecule has 4 nitrogen and oxygen atoms in total. The van der Waals surface area contributed by atoms with E-state index < -0.39 is 12.4 Å². The Balaban J connectivity index is 2.63. The molecule has 0 heterocycles. The predicted octanol–water partition coefficient (Wildman–Crippen LogP) is 2.76. The van der Waals surface area contributed by atoms with Gasteiger partial charge in [0, 0.05) is 12.6 Å². The summed E-state index contributed by atoms with van der Waals surface area (Å²) in [4.78, 5) is 11.6. The fourth-order valence-electron chi connectivity index (χ4n) is 1.83. The zero-order chi connectivity index (χ0) is 16.0. The number of benzene rings is 1. The number of likely N-dealkylation sites (N-methyl/N-ethyl adjacent to an activating group) is 1. The quantitative estimate of drug-likeness (QED) is 0.849. The second-order valence-corrected chi connectivity index (χ2v) is 4.62. The zero-order valence-corrected chi connectivity index (χ0v) is 12.1. The molecule has 0 spiro atoms. The molecule has 21 heavy (non-hydrogen) atoms. The lowest BCUT2D eigenvalue weighted by Gasteiger charge is -2.20. The van der Waals surface area contributed by atoms with Crippen molar-refractivity contribution in [2.75, 3.05) is 6.54 Å². The molecule has 118 valence electrons. The van der Waals surface area contributed by atoms with Gasteiger partial charge in [-0.25, -0.2) is 0 Å². The van der Waals surface area contributed by atoms with Crippen LogP contribution in [0.4, 0.5) is 13.2 Å². The minimum Gasteiger partial charge on any atom is -0.406 e. The normalized spacial score (nSPS) is 14.4. The highest BCUT2D eigenvalue weighted by atomic mass is 19.4. The van der Waals surface area contributed by atoms with Crippen molar-refractivity contribution in [1.29, 1.82) is 0 Å². The standard InChI is InChI=1S/C14H19F3N2O2/c1-4-18-13(20)10(3)19-9(2)11-5-7-12(8-6-11)21-14(15,16)17/h5-10,19H,4H2,1-3H3,(H,18,20). The molecule has 7 heteroatoms. The van der Waals surface area contributed by atoms with Crippen molar-refractivity contribution in [3.8, 4) is 5.75 Å². The van der Waals surface area contributed by atoms with Gasteiger partial charge < -0.3 is 10.1 Å². The van der Waals surface area contributed by atoms with Gasteiger partial charge in [-0.1, -0.05) is 12.1 Å². The predicted molar refractivity (Wildman–Crippen MR) is 72.8 cm³/mol. The molecule has 0 aliphatic rings. The Morgan fingerprint density at radius 1 is 1.24 bits per heavy atom. The van der Waals surface area contributed by atoms with Crippen LogP contribution in [0.5, 0.6) is 5.75 Å². The van der Waals surface area contributed by atoms with Crippen molar-refractivity contribution in [3.63, 3.8) is 0 Å². The summed E-state index contributed by atoms with van der Waals surface area (Å²) in [5.74, 6) is -0.392. The largest absolute Gasteiger partial charge is 0.573 e. The summed E-state index contributed by atoms with van der Waals surface area (Å²) in [5, 5.41) is 5.76. The van der Waals surface area contributed by atoms with Crippen LogP contribution in [0.25, 0.3) is 0 Å². The van der Waals surface area contributed by atoms with Gasteiger partial charge in [0.1, 0.15) is 5.75 Å². The van der Waals surface area contributed by atoms with E-state index in [2.05, 4.69) is 15.4 Å². The number of halogens is 3. The number of hydrogen-bond donors (Lipinski definition) is 2. The van der Waals surface area contributed by atoms with Gasteiger partial charge in [-0.05, 0) is 38.5 Å². The molecular weight excluding hydrogens is 285 g/mol. The van der Waals surface area contributed by atoms with E-state index in [1.54, 1.807) is 6.92 Å². The van der Waals surface area contributed by atoms with E-state index in [4.69, 9.17) is 0 Å². The van der Waals surface area contributed by atoms with Crippen molar-refractivity contribution >= 4 is 5.91 Å². The van der Waals surface area contributed by atoms with Crippen molar-refractivity contribution < 1.29 is 22.7 Å². The maximum atomic E-state index is 12.1. The summed E-state index contributed by atoms with van der Waals surface area (Å²) in [6.07, 6.45) is -4.70. The van der Waals surface area contributed by atoms with Crippen molar-refractivity contribution in [3.05, 3.63) is 29.8 Å². The minimum absolute atomic E-state index is 0.124. The highest BCUT2D eigenvalue weighted by Crippen LogP contribution is 2.24. The second-order valence-electron chi connectivity index (χ2n) is 4.62. The summed E-state index contributed by atoms with van der Waals surface area (Å²) in [6, 6.07) is 4.98. The third-order valence-electron chi connectivity index (χ3n) is 2.86. The Kier molecular flexibility index (Phi) is 6.02. The molecule has 0 aliphatic carbocycles. The molecule has 0 bridgehead atoms. The van der Waals surface area contributed by atoms with Gasteiger partial charge >= 0.3 is 6.36 Å². The fraction of sp³-hybridized carbons (Fsp3) is 0.500. The van der Waals surface area contributed by atoms with Crippen LogP contribution in [0.3, 0.4) is 0 Å². The van der Waals surface area contributed by atoms with Crippen molar-refractivity contribution in [2.45, 2.75) is 39.2 Å². The zero-order valence-electron chi connectivity index (χ0n) is 12.1. The Hall–Kier alpha value is -1.76. The third-order valence-corrected chi connectivity index (χ3v) is 2.86. The molecule has 0 aliphatic heterocycles. The highest BCUT2D eigenvalue weighted by Gasteiger charge is 2.31. The summed E-state index contributed by atoms with van der Waals surface area (Å²) < 4.78 is 40.0. The minimum atomic E-state index is -4.70. The summed E-state index contributed by atoms with van der Waals surface area (Å²) >= 11 is 0. The van der Waals surface area contributed by atoms with Crippen LogP contribution in [0.2, 0.25) is 0 Å². The monoisotopic (exact) mass is 304 g/mol. The number of amides is 1. The van der Waals surface area contributed by atoms with Crippen LogP contribution >= 0.6 is 0 Å². The smallest absolute Gasteiger partial charge is 0.406 e. The van der Waals surface area contributed by atoms with Gasteiger partial charge in [-0.15, -0.1) is 13.2 Å². The fourth-order valence-corrected chi connectivity index (χ4v) is 1.83. The van der Waals surface area contributed by atoms with Crippen molar-refractivity contribution in [1.82, 2.24) is 10.6 Å². The first-order valence-corrected chi connectivity index (χ1v) is 6.62. The lowest BCUT2D eigenvalue weighted by Crippen LogP contribution is -2.43. The van der Waals surface area contributed by atoms with E-state index >= 15 is 0 Å². The number of nitrogens with one attached hydrogen (secondary N) is 2. The molecule has 2 unspecified atom stereocenters. The van der Waals surface area contributed by atoms with E-state index in [9.17, 15) is 18.0 Å². The van der Waals surface area contributed by atoms with Gasteiger partial charge in [0.2, 0.25) is 5.91 Å². The molecule has 2 N–H and O–H groups in total. The molecule has 0 saturated carbocycles. The topological polar surface area (TPSA) is 50.4 Å². The average Bonchev–Trinajstić information content (AvgIpc) is 2.37. The van der Waals surface area contributed by atoms with Gasteiger partial charge in [-0.2, -0.15) is 0 Å². The summed E-state index contributed by atoms with van der Waals surface area (Å²) in [7, 11) is 0. The van der Waals surface area contributed by atoms with E-state index in [0.717, 1.165) is 5.56 Å². The third kappa shape index (κ3) is 6.03. The maximum absolute atomic E-state index is 12.1. The molecule has 0 fully saturated rings. The lowest BCUT2D eigenvalue weighted by atomic mass is 10.1. The Morgan fingerprint density at radius 3 is 2.29 bits per heavy atom. The lowest BCUT2D eigenvalue weighted by molar-refractivity contribution is -0.274. The van der Waals surface area contributed by atoms with Gasteiger partial charge in [0.25, 0.3) is 0 Å². The Labute approximate surface area is 121 Å². The van der Waals surface area contributed by atoms with Crippen LogP contribution in [0.1, 0.15) is 32.4 Å². The number of carbonyl (C=O) groups is 1. The molecule has 0 aromatic heterocycles. The summed E-state index contributed by atoms with van der Waals surface area (Å²) in [6.45, 7) is 5.92. The molecule has 0 radical (unpaired) electrons. The second kappa shape index (κ2) is 7.31. The molecule has 0 saturated heterocycles.